The third-order valence-corrected chi connectivity index (χ3v) is 5.40. The van der Waals surface area contributed by atoms with Gasteiger partial charge in [-0.25, -0.2) is 0 Å². The molecule has 35 heavy (non-hydrogen) atoms. The topological polar surface area (TPSA) is 182 Å². The minimum Gasteiger partial charge on any atom is -0.493 e. The summed E-state index contributed by atoms with van der Waals surface area (Å²) in [6.07, 6.45) is -0.187. The predicted octanol–water partition coefficient (Wildman–Crippen LogP) is 1.54. The largest absolute Gasteiger partial charge is 0.493 e. The molecule has 0 bridgehead atoms. The van der Waals surface area contributed by atoms with E-state index in [-0.39, 0.29) is 25.2 Å². The van der Waals surface area contributed by atoms with E-state index in [0.29, 0.717) is 23.6 Å². The average molecular weight is 488 g/mol. The first-order chi connectivity index (χ1) is 16.6. The third kappa shape index (κ3) is 7.18. The van der Waals surface area contributed by atoms with E-state index in [0.717, 1.165) is 11.1 Å². The van der Waals surface area contributed by atoms with Gasteiger partial charge in [0.15, 0.2) is 11.5 Å². The van der Waals surface area contributed by atoms with Crippen LogP contribution in [0.15, 0.2) is 42.5 Å². The zero-order valence-corrected chi connectivity index (χ0v) is 19.5. The van der Waals surface area contributed by atoms with Gasteiger partial charge in [0.2, 0.25) is 5.91 Å². The molecule has 0 radical (unpaired) electrons. The van der Waals surface area contributed by atoms with Gasteiger partial charge in [-0.3, -0.25) is 19.2 Å². The minimum atomic E-state index is -1.17. The number of nitrogens with zero attached hydrogens (tertiary/aromatic N) is 1. The van der Waals surface area contributed by atoms with E-state index in [2.05, 4.69) is 0 Å². The van der Waals surface area contributed by atoms with Crippen LogP contribution in [0.2, 0.25) is 0 Å². The Morgan fingerprint density at radius 1 is 1.06 bits per heavy atom. The van der Waals surface area contributed by atoms with Crippen LogP contribution < -0.4 is 20.9 Å². The van der Waals surface area contributed by atoms with E-state index in [1.165, 1.54) is 0 Å². The number of primary amides is 1. The van der Waals surface area contributed by atoms with Gasteiger partial charge in [-0.2, -0.15) is 0 Å². The Kier molecular flexibility index (Phi) is 9.59. The van der Waals surface area contributed by atoms with Gasteiger partial charge in [-0.05, 0) is 35.7 Å². The molecular weight excluding hydrogens is 458 g/mol. The first kappa shape index (κ1) is 27.1. The van der Waals surface area contributed by atoms with Gasteiger partial charge in [0, 0.05) is 18.5 Å². The summed E-state index contributed by atoms with van der Waals surface area (Å²) in [5.41, 5.74) is 12.8. The zero-order valence-electron chi connectivity index (χ0n) is 19.5. The highest BCUT2D eigenvalue weighted by atomic mass is 16.5. The number of hydrogen-bond acceptors (Lipinski definition) is 7. The Balaban J connectivity index is 0.000000367. The number of methoxy groups -OCH3 is 2. The molecule has 2 atom stereocenters. The number of carbonyl (C=O) groups excluding carboxylic acids is 2. The third-order valence-electron chi connectivity index (χ3n) is 5.40. The van der Waals surface area contributed by atoms with E-state index >= 15 is 0 Å². The summed E-state index contributed by atoms with van der Waals surface area (Å²) in [6.45, 7) is 0.446. The Morgan fingerprint density at radius 3 is 2.26 bits per heavy atom. The fraction of sp³-hybridized carbons (Fsp3) is 0.333. The van der Waals surface area contributed by atoms with Gasteiger partial charge >= 0.3 is 11.9 Å². The van der Waals surface area contributed by atoms with Crippen molar-refractivity contribution in [1.82, 2.24) is 4.90 Å². The van der Waals surface area contributed by atoms with Crippen LogP contribution >= 0.6 is 0 Å². The number of hydrogen-bond donors (Lipinski definition) is 4. The number of amides is 2. The molecule has 2 unspecified atom stereocenters. The summed E-state index contributed by atoms with van der Waals surface area (Å²) in [4.78, 5) is 46.0. The van der Waals surface area contributed by atoms with Crippen LogP contribution in [0.25, 0.3) is 0 Å². The summed E-state index contributed by atoms with van der Waals surface area (Å²) in [6, 6.07) is 11.3. The molecule has 1 aliphatic rings. The number of carboxylic acid groups (broad SMARTS) is 2. The van der Waals surface area contributed by atoms with E-state index in [4.69, 9.17) is 31.2 Å². The van der Waals surface area contributed by atoms with Crippen LogP contribution in [0.1, 0.15) is 46.8 Å². The lowest BCUT2D eigenvalue weighted by molar-refractivity contribution is -0.139. The second-order valence-electron chi connectivity index (χ2n) is 7.77. The van der Waals surface area contributed by atoms with E-state index in [9.17, 15) is 19.2 Å². The van der Waals surface area contributed by atoms with Crippen LogP contribution in [-0.2, 0) is 20.9 Å². The molecule has 0 saturated heterocycles. The summed E-state index contributed by atoms with van der Waals surface area (Å²) in [5.74, 6) is -1.64. The van der Waals surface area contributed by atoms with Gasteiger partial charge < -0.3 is 36.1 Å². The van der Waals surface area contributed by atoms with Crippen LogP contribution in [0.4, 0.5) is 0 Å². The fourth-order valence-electron chi connectivity index (χ4n) is 3.59. The lowest BCUT2D eigenvalue weighted by Gasteiger charge is -2.28. The van der Waals surface area contributed by atoms with Crippen molar-refractivity contribution in [2.75, 3.05) is 14.2 Å². The Hall–Kier alpha value is -4.12. The van der Waals surface area contributed by atoms with E-state index in [1.54, 1.807) is 37.3 Å². The molecule has 1 aliphatic heterocycles. The lowest BCUT2D eigenvalue weighted by Crippen LogP contribution is -2.32. The van der Waals surface area contributed by atoms with Crippen LogP contribution in [0.5, 0.6) is 11.5 Å². The molecule has 0 spiro atoms. The highest BCUT2D eigenvalue weighted by Gasteiger charge is 2.34. The summed E-state index contributed by atoms with van der Waals surface area (Å²) >= 11 is 0. The van der Waals surface area contributed by atoms with Crippen molar-refractivity contribution in [2.45, 2.75) is 37.9 Å². The van der Waals surface area contributed by atoms with Crippen molar-refractivity contribution in [3.63, 3.8) is 0 Å². The van der Waals surface area contributed by atoms with Gasteiger partial charge in [0.1, 0.15) is 6.04 Å². The van der Waals surface area contributed by atoms with Crippen molar-refractivity contribution in [1.29, 1.82) is 0 Å². The van der Waals surface area contributed by atoms with Gasteiger partial charge in [0.05, 0.1) is 26.7 Å². The number of benzene rings is 2. The van der Waals surface area contributed by atoms with E-state index < -0.39 is 29.9 Å². The first-order valence-electron chi connectivity index (χ1n) is 10.7. The maximum Gasteiger partial charge on any atom is 0.320 e. The van der Waals surface area contributed by atoms with Crippen molar-refractivity contribution in [2.24, 2.45) is 11.5 Å². The number of carbonyl (C=O) groups is 4. The van der Waals surface area contributed by atoms with Gasteiger partial charge in [0.25, 0.3) is 5.91 Å². The van der Waals surface area contributed by atoms with Gasteiger partial charge in [-0.15, -0.1) is 0 Å². The van der Waals surface area contributed by atoms with Crippen molar-refractivity contribution in [3.05, 3.63) is 59.2 Å². The summed E-state index contributed by atoms with van der Waals surface area (Å²) in [5, 5.41) is 16.3. The maximum absolute atomic E-state index is 12.8. The molecule has 6 N–H and O–H groups in total. The SMILES string of the molecule is COc1ccc(C(CC(N)=O)N2Cc3ccccc3C2=O)cc1OC.NC(CCC(=O)O)C(=O)O. The van der Waals surface area contributed by atoms with Crippen molar-refractivity contribution >= 4 is 23.8 Å². The molecule has 0 saturated carbocycles. The molecule has 0 fully saturated rings. The van der Waals surface area contributed by atoms with Crippen molar-refractivity contribution in [3.8, 4) is 11.5 Å². The number of carboxylic acids is 2. The summed E-state index contributed by atoms with van der Waals surface area (Å²) < 4.78 is 10.6. The smallest absolute Gasteiger partial charge is 0.320 e. The average Bonchev–Trinajstić information content (AvgIpc) is 3.17. The van der Waals surface area contributed by atoms with Crippen molar-refractivity contribution < 1.29 is 38.9 Å². The number of fused-ring (bicyclic) bond motifs is 1. The standard InChI is InChI=1S/C19H20N2O4.C5H9NO4/c1-24-16-8-7-12(9-17(16)25-2)15(10-18(20)22)21-11-13-5-3-4-6-14(13)19(21)23;6-3(5(9)10)1-2-4(7)8/h3-9,15H,10-11H2,1-2H3,(H2,20,22);3H,1-2,6H2,(H,7,8)(H,9,10). The second-order valence-corrected chi connectivity index (χ2v) is 7.77. The fourth-order valence-corrected chi connectivity index (χ4v) is 3.59. The normalized spacial score (nSPS) is 13.7. The number of ether oxygens (including phenoxy) is 2. The molecule has 2 aromatic rings. The van der Waals surface area contributed by atoms with E-state index in [1.807, 2.05) is 24.3 Å². The molecule has 188 valence electrons. The van der Waals surface area contributed by atoms with Crippen LogP contribution in [0.3, 0.4) is 0 Å². The number of rotatable bonds is 10. The monoisotopic (exact) mass is 487 g/mol. The number of nitrogens with two attached hydrogens (primary N) is 2. The zero-order chi connectivity index (χ0) is 26.1. The second kappa shape index (κ2) is 12.4. The Bertz CT molecular complexity index is 1090. The maximum atomic E-state index is 12.8. The summed E-state index contributed by atoms with van der Waals surface area (Å²) in [7, 11) is 3.10. The highest BCUT2D eigenvalue weighted by Crippen LogP contribution is 2.37. The molecule has 11 heteroatoms. The quantitative estimate of drug-likeness (QED) is 0.386. The number of aliphatic carboxylic acids is 2. The molecular formula is C24H29N3O8. The Morgan fingerprint density at radius 2 is 1.71 bits per heavy atom. The molecule has 0 aliphatic carbocycles. The van der Waals surface area contributed by atoms with Gasteiger partial charge in [-0.1, -0.05) is 24.3 Å². The molecule has 1 heterocycles. The molecule has 0 aromatic heterocycles. The molecule has 3 rings (SSSR count). The molecule has 11 nitrogen and oxygen atoms in total. The minimum absolute atomic E-state index is 0.0231. The van der Waals surface area contributed by atoms with Crippen LogP contribution in [0, 0.1) is 0 Å². The highest BCUT2D eigenvalue weighted by molar-refractivity contribution is 5.98. The Labute approximate surface area is 202 Å². The predicted molar refractivity (Wildman–Crippen MR) is 125 cm³/mol. The first-order valence-corrected chi connectivity index (χ1v) is 10.7. The molecule has 2 aromatic carbocycles. The van der Waals surface area contributed by atoms with Crippen LogP contribution in [-0.4, -0.2) is 59.1 Å². The molecule has 2 amide bonds. The lowest BCUT2D eigenvalue weighted by atomic mass is 10.0.